The first-order valence-electron chi connectivity index (χ1n) is 8.48. The Kier molecular flexibility index (Phi) is 5.66. The highest BCUT2D eigenvalue weighted by Gasteiger charge is 2.17. The molecule has 1 amide bonds. The van der Waals surface area contributed by atoms with Crippen molar-refractivity contribution >= 4 is 15.7 Å². The summed E-state index contributed by atoms with van der Waals surface area (Å²) in [6.45, 7) is 1.86. The van der Waals surface area contributed by atoms with Crippen molar-refractivity contribution in [3.05, 3.63) is 72.8 Å². The molecule has 27 heavy (non-hydrogen) atoms. The smallest absolute Gasteiger partial charge is 0.221 e. The second kappa shape index (κ2) is 8.13. The molecule has 3 rings (SSSR count). The number of rotatable bonds is 7. The van der Waals surface area contributed by atoms with Gasteiger partial charge in [-0.2, -0.15) is 5.10 Å². The molecule has 1 aromatic heterocycles. The lowest BCUT2D eigenvalue weighted by atomic mass is 10.1. The average Bonchev–Trinajstić information content (AvgIpc) is 3.22. The zero-order valence-electron chi connectivity index (χ0n) is 14.8. The highest BCUT2D eigenvalue weighted by atomic mass is 32.2. The maximum absolute atomic E-state index is 12.2. The van der Waals surface area contributed by atoms with Crippen LogP contribution in [-0.2, 0) is 14.6 Å². The van der Waals surface area contributed by atoms with Crippen molar-refractivity contribution in [2.45, 2.75) is 24.3 Å². The van der Waals surface area contributed by atoms with Crippen LogP contribution in [0, 0.1) is 0 Å². The van der Waals surface area contributed by atoms with Crippen LogP contribution in [0.3, 0.4) is 0 Å². The summed E-state index contributed by atoms with van der Waals surface area (Å²) in [7, 11) is -3.46. The lowest BCUT2D eigenvalue weighted by Gasteiger charge is -2.15. The van der Waals surface area contributed by atoms with E-state index in [9.17, 15) is 13.2 Å². The quantitative estimate of drug-likeness (QED) is 0.675. The summed E-state index contributed by atoms with van der Waals surface area (Å²) in [5, 5.41) is 6.90. The molecule has 0 aliphatic carbocycles. The minimum absolute atomic E-state index is 0.0847. The molecule has 0 fully saturated rings. The Labute approximate surface area is 158 Å². The number of hydrogen-bond acceptors (Lipinski definition) is 5. The van der Waals surface area contributed by atoms with E-state index in [4.69, 9.17) is 0 Å². The lowest BCUT2D eigenvalue weighted by Crippen LogP contribution is -2.28. The summed E-state index contributed by atoms with van der Waals surface area (Å²) in [6.07, 6.45) is 2.98. The van der Waals surface area contributed by atoms with Crippen molar-refractivity contribution in [1.82, 2.24) is 20.1 Å². The molecule has 0 radical (unpaired) electrons. The Morgan fingerprint density at radius 3 is 2.44 bits per heavy atom. The molecule has 7 nitrogen and oxygen atoms in total. The van der Waals surface area contributed by atoms with Crippen LogP contribution >= 0.6 is 0 Å². The number of sulfone groups is 1. The van der Waals surface area contributed by atoms with Crippen LogP contribution in [0.1, 0.15) is 24.9 Å². The highest BCUT2D eigenvalue weighted by molar-refractivity contribution is 7.91. The van der Waals surface area contributed by atoms with Gasteiger partial charge in [-0.05, 0) is 36.8 Å². The molecule has 140 valence electrons. The SMILES string of the molecule is CC(NC(=O)CCS(=O)(=O)c1ccccc1)c1ccc(-n2cncn2)cc1. The van der Waals surface area contributed by atoms with Crippen molar-refractivity contribution in [1.29, 1.82) is 0 Å². The molecule has 0 bridgehead atoms. The standard InChI is InChI=1S/C19H20N4O3S/c1-15(16-7-9-17(10-8-16)23-14-20-13-21-23)22-19(24)11-12-27(25,26)18-5-3-2-4-6-18/h2-10,13-15H,11-12H2,1H3,(H,22,24). The van der Waals surface area contributed by atoms with Gasteiger partial charge in [0.2, 0.25) is 5.91 Å². The third-order valence-electron chi connectivity index (χ3n) is 4.15. The normalized spacial score (nSPS) is 12.5. The van der Waals surface area contributed by atoms with Crippen LogP contribution in [0.4, 0.5) is 0 Å². The Hall–Kier alpha value is -3.00. The van der Waals surface area contributed by atoms with Crippen molar-refractivity contribution in [2.24, 2.45) is 0 Å². The third kappa shape index (κ3) is 4.79. The predicted molar refractivity (Wildman–Crippen MR) is 101 cm³/mol. The van der Waals surface area contributed by atoms with Crippen molar-refractivity contribution in [2.75, 3.05) is 5.75 Å². The molecule has 0 spiro atoms. The number of amides is 1. The van der Waals surface area contributed by atoms with Gasteiger partial charge >= 0.3 is 0 Å². The second-order valence-corrected chi connectivity index (χ2v) is 8.21. The number of benzene rings is 2. The van der Waals surface area contributed by atoms with Gasteiger partial charge in [0, 0.05) is 6.42 Å². The molecule has 0 saturated heterocycles. The first-order valence-corrected chi connectivity index (χ1v) is 10.1. The van der Waals surface area contributed by atoms with Gasteiger partial charge in [0.25, 0.3) is 0 Å². The summed E-state index contributed by atoms with van der Waals surface area (Å²) in [5.74, 6) is -0.525. The van der Waals surface area contributed by atoms with Gasteiger partial charge in [-0.15, -0.1) is 0 Å². The van der Waals surface area contributed by atoms with E-state index in [0.29, 0.717) is 0 Å². The second-order valence-electron chi connectivity index (χ2n) is 6.10. The zero-order valence-corrected chi connectivity index (χ0v) is 15.6. The lowest BCUT2D eigenvalue weighted by molar-refractivity contribution is -0.121. The molecule has 1 atom stereocenters. The van der Waals surface area contributed by atoms with E-state index in [2.05, 4.69) is 15.4 Å². The molecular formula is C19H20N4O3S. The summed E-state index contributed by atoms with van der Waals surface area (Å²) in [5.41, 5.74) is 1.78. The van der Waals surface area contributed by atoms with Crippen LogP contribution in [0.5, 0.6) is 0 Å². The average molecular weight is 384 g/mol. The third-order valence-corrected chi connectivity index (χ3v) is 5.89. The van der Waals surface area contributed by atoms with Gasteiger partial charge < -0.3 is 5.32 Å². The van der Waals surface area contributed by atoms with E-state index in [1.165, 1.54) is 18.5 Å². The fourth-order valence-electron chi connectivity index (χ4n) is 2.63. The van der Waals surface area contributed by atoms with Crippen molar-refractivity contribution in [3.8, 4) is 5.69 Å². The number of carbonyl (C=O) groups is 1. The maximum atomic E-state index is 12.2. The van der Waals surface area contributed by atoms with Crippen LogP contribution in [0.2, 0.25) is 0 Å². The predicted octanol–water partition coefficient (Wildman–Crippen LogP) is 2.31. The van der Waals surface area contributed by atoms with Crippen LogP contribution in [0.25, 0.3) is 5.69 Å². The highest BCUT2D eigenvalue weighted by Crippen LogP contribution is 2.16. The zero-order chi connectivity index (χ0) is 19.3. The maximum Gasteiger partial charge on any atom is 0.221 e. The molecule has 1 unspecified atom stereocenters. The van der Waals surface area contributed by atoms with E-state index >= 15 is 0 Å². The van der Waals surface area contributed by atoms with Crippen LogP contribution < -0.4 is 5.32 Å². The Balaban J connectivity index is 1.56. The van der Waals surface area contributed by atoms with Gasteiger partial charge in [-0.3, -0.25) is 4.79 Å². The van der Waals surface area contributed by atoms with E-state index in [0.717, 1.165) is 11.3 Å². The summed E-state index contributed by atoms with van der Waals surface area (Å²) >= 11 is 0. The van der Waals surface area contributed by atoms with E-state index < -0.39 is 9.84 Å². The van der Waals surface area contributed by atoms with E-state index in [1.54, 1.807) is 29.2 Å². The first-order chi connectivity index (χ1) is 13.0. The molecule has 1 heterocycles. The molecule has 2 aromatic carbocycles. The van der Waals surface area contributed by atoms with Gasteiger partial charge in [0.05, 0.1) is 22.4 Å². The molecule has 0 aliphatic rings. The van der Waals surface area contributed by atoms with Crippen molar-refractivity contribution in [3.63, 3.8) is 0 Å². The summed E-state index contributed by atoms with van der Waals surface area (Å²) in [4.78, 5) is 16.3. The minimum atomic E-state index is -3.46. The van der Waals surface area contributed by atoms with Gasteiger partial charge in [-0.25, -0.2) is 18.1 Å². The molecule has 3 aromatic rings. The molecule has 8 heteroatoms. The van der Waals surface area contributed by atoms with Gasteiger partial charge in [0.15, 0.2) is 9.84 Å². The number of carbonyl (C=O) groups excluding carboxylic acids is 1. The Morgan fingerprint density at radius 2 is 1.81 bits per heavy atom. The number of aromatic nitrogens is 3. The van der Waals surface area contributed by atoms with E-state index in [1.807, 2.05) is 31.2 Å². The Bertz CT molecular complexity index is 985. The topological polar surface area (TPSA) is 94.0 Å². The largest absolute Gasteiger partial charge is 0.350 e. The minimum Gasteiger partial charge on any atom is -0.350 e. The molecule has 1 N–H and O–H groups in total. The first kappa shape index (κ1) is 18.8. The molecular weight excluding hydrogens is 364 g/mol. The number of nitrogens with one attached hydrogen (secondary N) is 1. The molecule has 0 aliphatic heterocycles. The fraction of sp³-hybridized carbons (Fsp3) is 0.211. The van der Waals surface area contributed by atoms with Crippen LogP contribution in [-0.4, -0.2) is 34.8 Å². The molecule has 0 saturated carbocycles. The fourth-order valence-corrected chi connectivity index (χ4v) is 3.89. The summed E-state index contributed by atoms with van der Waals surface area (Å²) in [6, 6.07) is 15.5. The Morgan fingerprint density at radius 1 is 1.11 bits per heavy atom. The van der Waals surface area contributed by atoms with E-state index in [-0.39, 0.29) is 29.0 Å². The monoisotopic (exact) mass is 384 g/mol. The van der Waals surface area contributed by atoms with Crippen LogP contribution in [0.15, 0.2) is 72.1 Å². The number of nitrogens with zero attached hydrogens (tertiary/aromatic N) is 3. The van der Waals surface area contributed by atoms with Gasteiger partial charge in [0.1, 0.15) is 12.7 Å². The number of hydrogen-bond donors (Lipinski definition) is 1. The van der Waals surface area contributed by atoms with Gasteiger partial charge in [-0.1, -0.05) is 30.3 Å². The summed E-state index contributed by atoms with van der Waals surface area (Å²) < 4.78 is 26.1. The van der Waals surface area contributed by atoms with Crippen molar-refractivity contribution < 1.29 is 13.2 Å².